The van der Waals surface area contributed by atoms with Gasteiger partial charge in [0.05, 0.1) is 29.5 Å². The van der Waals surface area contributed by atoms with Crippen LogP contribution in [0.15, 0.2) is 18.3 Å². The molecule has 0 aliphatic heterocycles. The van der Waals surface area contributed by atoms with Crippen LogP contribution in [0.1, 0.15) is 59.9 Å². The summed E-state index contributed by atoms with van der Waals surface area (Å²) in [5.41, 5.74) is 1.71. The molecule has 1 aliphatic rings. The fraction of sp³-hybridized carbons (Fsp3) is 0.421. The van der Waals surface area contributed by atoms with Crippen molar-refractivity contribution in [3.05, 3.63) is 40.8 Å². The zero-order valence-electron chi connectivity index (χ0n) is 15.4. The standard InChI is InChI=1S/C19H22N6O2/c1-19(2,11-26)23-18(27)16-14-4-3-13(5-7-20)17(14)25(24-16)15-9-12(10-21)6-8-22-15/h6-9,13,20,26H,3-5,11H2,1-2H3,(H,23,27)/t13-/m0/s1. The van der Waals surface area contributed by atoms with E-state index in [2.05, 4.69) is 21.5 Å². The molecule has 2 heterocycles. The Morgan fingerprint density at radius 2 is 2.37 bits per heavy atom. The van der Waals surface area contributed by atoms with Gasteiger partial charge >= 0.3 is 0 Å². The van der Waals surface area contributed by atoms with Crippen molar-refractivity contribution in [1.29, 1.82) is 10.7 Å². The largest absolute Gasteiger partial charge is 0.394 e. The zero-order chi connectivity index (χ0) is 19.6. The molecule has 27 heavy (non-hydrogen) atoms. The smallest absolute Gasteiger partial charge is 0.272 e. The summed E-state index contributed by atoms with van der Waals surface area (Å²) in [6, 6.07) is 5.33. The molecule has 8 nitrogen and oxygen atoms in total. The third kappa shape index (κ3) is 3.59. The minimum Gasteiger partial charge on any atom is -0.394 e. The topological polar surface area (TPSA) is 128 Å². The Kier molecular flexibility index (Phi) is 5.06. The lowest BCUT2D eigenvalue weighted by Crippen LogP contribution is -2.46. The number of amides is 1. The van der Waals surface area contributed by atoms with Gasteiger partial charge in [0, 0.05) is 23.7 Å². The van der Waals surface area contributed by atoms with Crippen LogP contribution in [-0.4, -0.2) is 44.1 Å². The van der Waals surface area contributed by atoms with Crippen LogP contribution in [0.25, 0.3) is 5.82 Å². The van der Waals surface area contributed by atoms with Crippen LogP contribution in [0, 0.1) is 16.7 Å². The lowest BCUT2D eigenvalue weighted by molar-refractivity contribution is 0.0863. The van der Waals surface area contributed by atoms with E-state index in [1.165, 1.54) is 12.4 Å². The predicted molar refractivity (Wildman–Crippen MR) is 99.2 cm³/mol. The molecule has 0 saturated carbocycles. The predicted octanol–water partition coefficient (Wildman–Crippen LogP) is 1.71. The molecule has 1 amide bonds. The summed E-state index contributed by atoms with van der Waals surface area (Å²) in [4.78, 5) is 17.1. The number of carbonyl (C=O) groups excluding carboxylic acids is 1. The molecular weight excluding hydrogens is 344 g/mol. The van der Waals surface area contributed by atoms with E-state index in [1.807, 2.05) is 0 Å². The van der Waals surface area contributed by atoms with Gasteiger partial charge in [-0.15, -0.1) is 0 Å². The number of aliphatic hydroxyl groups excluding tert-OH is 1. The maximum Gasteiger partial charge on any atom is 0.272 e. The summed E-state index contributed by atoms with van der Waals surface area (Å²) in [5, 5.41) is 33.4. The number of pyridine rings is 1. The van der Waals surface area contributed by atoms with Gasteiger partial charge in [-0.1, -0.05) is 0 Å². The Balaban J connectivity index is 2.10. The average molecular weight is 366 g/mol. The summed E-state index contributed by atoms with van der Waals surface area (Å²) in [7, 11) is 0. The van der Waals surface area contributed by atoms with Crippen molar-refractivity contribution in [2.24, 2.45) is 0 Å². The van der Waals surface area contributed by atoms with E-state index in [-0.39, 0.29) is 18.4 Å². The number of nitrogens with one attached hydrogen (secondary N) is 2. The quantitative estimate of drug-likeness (QED) is 0.671. The van der Waals surface area contributed by atoms with Crippen LogP contribution in [0.4, 0.5) is 0 Å². The minimum absolute atomic E-state index is 0.0740. The Labute approximate surface area is 157 Å². The SMILES string of the molecule is CC(C)(CO)NC(=O)c1nn(-c2cc(C#N)ccn2)c2c1CC[C@H]2CC=N. The van der Waals surface area contributed by atoms with Crippen LogP contribution < -0.4 is 5.32 Å². The molecule has 1 atom stereocenters. The average Bonchev–Trinajstić information content (AvgIpc) is 3.23. The summed E-state index contributed by atoms with van der Waals surface area (Å²) in [5.74, 6) is 0.198. The molecule has 0 saturated heterocycles. The number of nitrogens with zero attached hydrogens (tertiary/aromatic N) is 4. The Bertz CT molecular complexity index is 925. The first kappa shape index (κ1) is 18.7. The van der Waals surface area contributed by atoms with Gasteiger partial charge in [0.25, 0.3) is 5.91 Å². The van der Waals surface area contributed by atoms with Gasteiger partial charge in [0.15, 0.2) is 11.5 Å². The molecular formula is C19H22N6O2. The highest BCUT2D eigenvalue weighted by Gasteiger charge is 2.34. The van der Waals surface area contributed by atoms with E-state index in [9.17, 15) is 9.90 Å². The number of nitriles is 1. The molecule has 0 radical (unpaired) electrons. The van der Waals surface area contributed by atoms with Gasteiger partial charge in [-0.05, 0) is 45.4 Å². The van der Waals surface area contributed by atoms with E-state index in [0.717, 1.165) is 17.7 Å². The van der Waals surface area contributed by atoms with Crippen molar-refractivity contribution in [2.75, 3.05) is 6.61 Å². The van der Waals surface area contributed by atoms with Crippen LogP contribution >= 0.6 is 0 Å². The number of carbonyl (C=O) groups is 1. The Morgan fingerprint density at radius 3 is 3.04 bits per heavy atom. The fourth-order valence-electron chi connectivity index (χ4n) is 3.32. The van der Waals surface area contributed by atoms with E-state index in [1.54, 1.807) is 30.7 Å². The number of hydrogen-bond acceptors (Lipinski definition) is 6. The summed E-state index contributed by atoms with van der Waals surface area (Å²) in [6.45, 7) is 3.28. The molecule has 1 aliphatic carbocycles. The van der Waals surface area contributed by atoms with E-state index in [0.29, 0.717) is 29.9 Å². The van der Waals surface area contributed by atoms with Crippen molar-refractivity contribution in [3.63, 3.8) is 0 Å². The van der Waals surface area contributed by atoms with Gasteiger partial charge < -0.3 is 15.8 Å². The lowest BCUT2D eigenvalue weighted by atomic mass is 10.0. The highest BCUT2D eigenvalue weighted by atomic mass is 16.3. The molecule has 3 N–H and O–H groups in total. The molecule has 2 aromatic rings. The van der Waals surface area contributed by atoms with E-state index >= 15 is 0 Å². The van der Waals surface area contributed by atoms with Gasteiger partial charge in [-0.25, -0.2) is 9.67 Å². The number of aromatic nitrogens is 3. The van der Waals surface area contributed by atoms with Crippen molar-refractivity contribution >= 4 is 12.1 Å². The molecule has 0 bridgehead atoms. The first-order valence-corrected chi connectivity index (χ1v) is 8.81. The van der Waals surface area contributed by atoms with Crippen molar-refractivity contribution < 1.29 is 9.90 Å². The molecule has 140 valence electrons. The molecule has 0 aromatic carbocycles. The third-order valence-electron chi connectivity index (χ3n) is 4.71. The second-order valence-corrected chi connectivity index (χ2v) is 7.31. The third-order valence-corrected chi connectivity index (χ3v) is 4.71. The van der Waals surface area contributed by atoms with E-state index in [4.69, 9.17) is 10.7 Å². The van der Waals surface area contributed by atoms with Crippen LogP contribution in [0.2, 0.25) is 0 Å². The van der Waals surface area contributed by atoms with Crippen molar-refractivity contribution in [2.45, 2.75) is 44.6 Å². The molecule has 2 aromatic heterocycles. The normalized spacial score (nSPS) is 15.9. The van der Waals surface area contributed by atoms with Gasteiger partial charge in [0.1, 0.15) is 0 Å². The van der Waals surface area contributed by atoms with Gasteiger partial charge in [-0.2, -0.15) is 10.4 Å². The summed E-state index contributed by atoms with van der Waals surface area (Å²) in [6.07, 6.45) is 4.97. The highest BCUT2D eigenvalue weighted by Crippen LogP contribution is 2.38. The summed E-state index contributed by atoms with van der Waals surface area (Å²) < 4.78 is 1.62. The van der Waals surface area contributed by atoms with Gasteiger partial charge in [-0.3, -0.25) is 4.79 Å². The summed E-state index contributed by atoms with van der Waals surface area (Å²) >= 11 is 0. The maximum absolute atomic E-state index is 12.8. The first-order valence-electron chi connectivity index (χ1n) is 8.81. The first-order chi connectivity index (χ1) is 12.9. The molecule has 0 unspecified atom stereocenters. The Morgan fingerprint density at radius 1 is 1.59 bits per heavy atom. The van der Waals surface area contributed by atoms with Crippen LogP contribution in [-0.2, 0) is 6.42 Å². The highest BCUT2D eigenvalue weighted by molar-refractivity contribution is 5.95. The second-order valence-electron chi connectivity index (χ2n) is 7.31. The number of rotatable bonds is 6. The molecule has 0 spiro atoms. The number of aliphatic hydroxyl groups is 1. The van der Waals surface area contributed by atoms with Crippen molar-refractivity contribution in [3.8, 4) is 11.9 Å². The fourth-order valence-corrected chi connectivity index (χ4v) is 3.32. The lowest BCUT2D eigenvalue weighted by Gasteiger charge is -2.22. The molecule has 0 fully saturated rings. The monoisotopic (exact) mass is 366 g/mol. The Hall–Kier alpha value is -3.05. The maximum atomic E-state index is 12.8. The second kappa shape index (κ2) is 7.29. The molecule has 8 heteroatoms. The molecule has 3 rings (SSSR count). The van der Waals surface area contributed by atoms with Crippen LogP contribution in [0.5, 0.6) is 0 Å². The van der Waals surface area contributed by atoms with Gasteiger partial charge in [0.2, 0.25) is 0 Å². The number of hydrogen-bond donors (Lipinski definition) is 3. The minimum atomic E-state index is -0.764. The van der Waals surface area contributed by atoms with Crippen LogP contribution in [0.3, 0.4) is 0 Å². The number of fused-ring (bicyclic) bond motifs is 1. The van der Waals surface area contributed by atoms with E-state index < -0.39 is 5.54 Å². The van der Waals surface area contributed by atoms with Crippen molar-refractivity contribution in [1.82, 2.24) is 20.1 Å². The zero-order valence-corrected chi connectivity index (χ0v) is 15.4.